The summed E-state index contributed by atoms with van der Waals surface area (Å²) < 4.78 is 20.9. The van der Waals surface area contributed by atoms with Gasteiger partial charge in [0.1, 0.15) is 18.6 Å². The fourth-order valence-corrected chi connectivity index (χ4v) is 3.55. The Morgan fingerprint density at radius 1 is 0.828 bits per heavy atom. The molecule has 0 unspecified atom stereocenters. The number of thioether (sulfide) groups is 2. The minimum Gasteiger partial charge on any atom is -0.481 e. The SMILES string of the molecule is CCOC(=S)SCCC(=O)OCC(C)(COC(=O)CCSC(=S)OCC)C(=O)O. The van der Waals surface area contributed by atoms with Gasteiger partial charge in [0, 0.05) is 11.5 Å². The van der Waals surface area contributed by atoms with Crippen LogP contribution in [0.3, 0.4) is 0 Å². The lowest BCUT2D eigenvalue weighted by atomic mass is 9.93. The molecule has 0 saturated heterocycles. The van der Waals surface area contributed by atoms with Crippen LogP contribution in [0.1, 0.15) is 33.6 Å². The van der Waals surface area contributed by atoms with E-state index in [4.69, 9.17) is 43.4 Å². The van der Waals surface area contributed by atoms with E-state index >= 15 is 0 Å². The second-order valence-electron chi connectivity index (χ2n) is 5.75. The summed E-state index contributed by atoms with van der Waals surface area (Å²) in [6.45, 7) is 5.00. The van der Waals surface area contributed by atoms with Crippen molar-refractivity contribution >= 4 is 74.6 Å². The monoisotopic (exact) mass is 486 g/mol. The molecule has 0 spiro atoms. The Bertz CT molecular complexity index is 542. The van der Waals surface area contributed by atoms with Crippen LogP contribution in [0.15, 0.2) is 0 Å². The molecular weight excluding hydrogens is 460 g/mol. The van der Waals surface area contributed by atoms with Crippen LogP contribution in [0.5, 0.6) is 0 Å². The quantitative estimate of drug-likeness (QED) is 0.305. The molecular formula is C17H26O8S4. The molecule has 8 nitrogen and oxygen atoms in total. The summed E-state index contributed by atoms with van der Waals surface area (Å²) in [6.07, 6.45) is 0.0919. The summed E-state index contributed by atoms with van der Waals surface area (Å²) in [4.78, 5) is 35.1. The third kappa shape index (κ3) is 13.7. The van der Waals surface area contributed by atoms with Crippen molar-refractivity contribution in [2.75, 3.05) is 37.9 Å². The van der Waals surface area contributed by atoms with Crippen molar-refractivity contribution < 1.29 is 38.4 Å². The molecule has 0 radical (unpaired) electrons. The molecule has 0 aromatic rings. The van der Waals surface area contributed by atoms with Gasteiger partial charge < -0.3 is 24.1 Å². The molecule has 0 heterocycles. The number of hydrogen-bond donors (Lipinski definition) is 1. The van der Waals surface area contributed by atoms with Gasteiger partial charge in [-0.3, -0.25) is 14.4 Å². The van der Waals surface area contributed by atoms with Gasteiger partial charge >= 0.3 is 17.9 Å². The van der Waals surface area contributed by atoms with Crippen molar-refractivity contribution in [2.24, 2.45) is 5.41 Å². The average molecular weight is 487 g/mol. The molecule has 1 N–H and O–H groups in total. The first-order valence-electron chi connectivity index (χ1n) is 8.78. The summed E-state index contributed by atoms with van der Waals surface area (Å²) in [5.41, 5.74) is -1.55. The van der Waals surface area contributed by atoms with Crippen LogP contribution < -0.4 is 0 Å². The summed E-state index contributed by atoms with van der Waals surface area (Å²) in [5.74, 6) is -1.67. The van der Waals surface area contributed by atoms with Gasteiger partial charge in [0.05, 0.1) is 26.1 Å². The van der Waals surface area contributed by atoms with E-state index in [0.29, 0.717) is 33.5 Å². The predicted molar refractivity (Wildman–Crippen MR) is 120 cm³/mol. The summed E-state index contributed by atoms with van der Waals surface area (Å²) >= 11 is 12.2. The number of carbonyl (C=O) groups is 3. The molecule has 0 saturated carbocycles. The second-order valence-corrected chi connectivity index (χ2v) is 9.14. The highest BCUT2D eigenvalue weighted by atomic mass is 32.2. The highest BCUT2D eigenvalue weighted by Crippen LogP contribution is 2.19. The Balaban J connectivity index is 4.29. The van der Waals surface area contributed by atoms with Gasteiger partial charge in [-0.05, 0) is 45.2 Å². The Morgan fingerprint density at radius 2 is 1.21 bits per heavy atom. The fraction of sp³-hybridized carbons (Fsp3) is 0.706. The third-order valence-electron chi connectivity index (χ3n) is 3.20. The van der Waals surface area contributed by atoms with Gasteiger partial charge in [-0.2, -0.15) is 0 Å². The zero-order valence-electron chi connectivity index (χ0n) is 16.6. The van der Waals surface area contributed by atoms with E-state index in [0.717, 1.165) is 0 Å². The molecule has 0 rings (SSSR count). The van der Waals surface area contributed by atoms with Crippen molar-refractivity contribution in [3.63, 3.8) is 0 Å². The average Bonchev–Trinajstić information content (AvgIpc) is 2.65. The Labute approximate surface area is 189 Å². The molecule has 0 bridgehead atoms. The van der Waals surface area contributed by atoms with E-state index < -0.39 is 36.5 Å². The number of ether oxygens (including phenoxy) is 4. The second kappa shape index (κ2) is 15.7. The Morgan fingerprint density at radius 3 is 1.52 bits per heavy atom. The molecule has 0 amide bonds. The van der Waals surface area contributed by atoms with E-state index in [1.807, 2.05) is 0 Å². The minimum absolute atomic E-state index is 0.0460. The topological polar surface area (TPSA) is 108 Å². The maximum Gasteiger partial charge on any atom is 0.316 e. The zero-order chi connectivity index (χ0) is 22.3. The van der Waals surface area contributed by atoms with Gasteiger partial charge in [-0.15, -0.1) is 0 Å². The van der Waals surface area contributed by atoms with Crippen LogP contribution in [0.4, 0.5) is 0 Å². The highest BCUT2D eigenvalue weighted by Gasteiger charge is 2.36. The van der Waals surface area contributed by atoms with Crippen LogP contribution in [0.25, 0.3) is 0 Å². The number of thiocarbonyl (C=S) groups is 2. The molecule has 29 heavy (non-hydrogen) atoms. The molecule has 0 aliphatic rings. The van der Waals surface area contributed by atoms with E-state index in [9.17, 15) is 19.5 Å². The van der Waals surface area contributed by atoms with E-state index in [1.54, 1.807) is 13.8 Å². The normalized spacial score (nSPS) is 10.7. The Kier molecular flexibility index (Phi) is 15.1. The Hall–Kier alpha value is -1.11. The molecule has 0 fully saturated rings. The van der Waals surface area contributed by atoms with Crippen LogP contribution in [-0.2, 0) is 33.3 Å². The molecule has 166 valence electrons. The van der Waals surface area contributed by atoms with Gasteiger partial charge in [-0.25, -0.2) is 0 Å². The molecule has 0 aliphatic heterocycles. The van der Waals surface area contributed by atoms with E-state index in [1.165, 1.54) is 30.4 Å². The molecule has 12 heteroatoms. The van der Waals surface area contributed by atoms with Gasteiger partial charge in [0.15, 0.2) is 0 Å². The van der Waals surface area contributed by atoms with Gasteiger partial charge in [-0.1, -0.05) is 23.5 Å². The van der Waals surface area contributed by atoms with Crippen LogP contribution in [0.2, 0.25) is 0 Å². The lowest BCUT2D eigenvalue weighted by molar-refractivity contribution is -0.165. The minimum atomic E-state index is -1.55. The first-order chi connectivity index (χ1) is 13.6. The number of carboxylic acid groups (broad SMARTS) is 1. The van der Waals surface area contributed by atoms with Crippen molar-refractivity contribution in [3.8, 4) is 0 Å². The predicted octanol–water partition coefficient (Wildman–Crippen LogP) is 3.05. The van der Waals surface area contributed by atoms with Crippen LogP contribution >= 0.6 is 48.0 Å². The number of aliphatic carboxylic acids is 1. The van der Waals surface area contributed by atoms with Crippen molar-refractivity contribution in [1.82, 2.24) is 0 Å². The largest absolute Gasteiger partial charge is 0.481 e. The summed E-state index contributed by atoms with van der Waals surface area (Å²) in [7, 11) is 0. The number of esters is 2. The third-order valence-corrected chi connectivity index (χ3v) is 5.66. The molecule has 0 aliphatic carbocycles. The number of carbonyl (C=O) groups excluding carboxylic acids is 2. The van der Waals surface area contributed by atoms with Gasteiger partial charge in [0.25, 0.3) is 0 Å². The lowest BCUT2D eigenvalue weighted by Gasteiger charge is -2.23. The zero-order valence-corrected chi connectivity index (χ0v) is 19.9. The summed E-state index contributed by atoms with van der Waals surface area (Å²) in [6, 6.07) is 0. The number of carboxylic acids is 1. The maximum absolute atomic E-state index is 11.8. The maximum atomic E-state index is 11.8. The van der Waals surface area contributed by atoms with Crippen LogP contribution in [-0.4, -0.2) is 69.7 Å². The van der Waals surface area contributed by atoms with Crippen LogP contribution in [0, 0.1) is 5.41 Å². The molecule has 0 aromatic carbocycles. The van der Waals surface area contributed by atoms with Crippen molar-refractivity contribution in [1.29, 1.82) is 0 Å². The highest BCUT2D eigenvalue weighted by molar-refractivity contribution is 8.22. The summed E-state index contributed by atoms with van der Waals surface area (Å²) in [5, 5.41) is 9.42. The van der Waals surface area contributed by atoms with E-state index in [2.05, 4.69) is 0 Å². The van der Waals surface area contributed by atoms with Gasteiger partial charge in [0.2, 0.25) is 8.77 Å². The fourth-order valence-electron chi connectivity index (χ4n) is 1.54. The number of rotatable bonds is 13. The smallest absolute Gasteiger partial charge is 0.316 e. The molecule has 0 aromatic heterocycles. The van der Waals surface area contributed by atoms with Crippen molar-refractivity contribution in [3.05, 3.63) is 0 Å². The van der Waals surface area contributed by atoms with E-state index in [-0.39, 0.29) is 12.8 Å². The standard InChI is InChI=1S/C17H26O8S4/c1-4-22-15(26)28-8-6-12(18)24-10-17(3,14(20)21)11-25-13(19)7-9-29-16(27)23-5-2/h4-11H2,1-3H3,(H,20,21). The van der Waals surface area contributed by atoms with Crippen molar-refractivity contribution in [2.45, 2.75) is 33.6 Å². The first-order valence-corrected chi connectivity index (χ1v) is 11.6. The first kappa shape index (κ1) is 27.9. The number of hydrogen-bond acceptors (Lipinski definition) is 11. The lowest BCUT2D eigenvalue weighted by Crippen LogP contribution is -2.39. The molecule has 0 atom stereocenters.